The van der Waals surface area contributed by atoms with Gasteiger partial charge in [-0.25, -0.2) is 12.7 Å². The molecule has 22 heavy (non-hydrogen) atoms. The Morgan fingerprint density at radius 2 is 1.77 bits per heavy atom. The van der Waals surface area contributed by atoms with Gasteiger partial charge in [0.15, 0.2) is 0 Å². The molecule has 0 spiro atoms. The molecule has 6 nitrogen and oxygen atoms in total. The minimum absolute atomic E-state index is 0.0223. The van der Waals surface area contributed by atoms with E-state index in [0.29, 0.717) is 38.9 Å². The van der Waals surface area contributed by atoms with E-state index in [0.717, 1.165) is 32.2 Å². The number of carbonyl (C=O) groups excluding carboxylic acids is 1. The maximum absolute atomic E-state index is 12.1. The molecule has 1 amide bonds. The van der Waals surface area contributed by atoms with Gasteiger partial charge in [-0.15, -0.1) is 0 Å². The fraction of sp³-hybridized carbons (Fsp3) is 0.933. The molecule has 0 atom stereocenters. The number of hydrogen-bond acceptors (Lipinski definition) is 4. The molecule has 0 aliphatic carbocycles. The molecule has 1 fully saturated rings. The predicted octanol–water partition coefficient (Wildman–Crippen LogP) is 1.04. The predicted molar refractivity (Wildman–Crippen MR) is 89.2 cm³/mol. The normalized spacial score (nSPS) is 16.9. The quantitative estimate of drug-likeness (QED) is 0.607. The fourth-order valence-electron chi connectivity index (χ4n) is 2.55. The molecule has 1 N–H and O–H groups in total. The van der Waals surface area contributed by atoms with Crippen LogP contribution in [0.15, 0.2) is 0 Å². The zero-order valence-electron chi connectivity index (χ0n) is 14.0. The lowest BCUT2D eigenvalue weighted by Crippen LogP contribution is -2.37. The van der Waals surface area contributed by atoms with Crippen LogP contribution in [0.2, 0.25) is 0 Å². The van der Waals surface area contributed by atoms with Crippen molar-refractivity contribution < 1.29 is 13.2 Å². The van der Waals surface area contributed by atoms with Gasteiger partial charge >= 0.3 is 0 Å². The smallest absolute Gasteiger partial charge is 0.219 e. The summed E-state index contributed by atoms with van der Waals surface area (Å²) < 4.78 is 25.9. The summed E-state index contributed by atoms with van der Waals surface area (Å²) in [6.07, 6.45) is 5.60. The highest BCUT2D eigenvalue weighted by atomic mass is 32.2. The number of carbonyl (C=O) groups is 1. The number of nitrogens with zero attached hydrogens (tertiary/aromatic N) is 2. The molecule has 130 valence electrons. The van der Waals surface area contributed by atoms with Crippen LogP contribution >= 0.6 is 0 Å². The van der Waals surface area contributed by atoms with Gasteiger partial charge in [-0.2, -0.15) is 0 Å². The van der Waals surface area contributed by atoms with E-state index in [9.17, 15) is 13.2 Å². The highest BCUT2D eigenvalue weighted by Crippen LogP contribution is 2.14. The Kier molecular flexibility index (Phi) is 8.97. The third-order valence-electron chi connectivity index (χ3n) is 3.87. The van der Waals surface area contributed by atoms with Gasteiger partial charge in [0, 0.05) is 26.1 Å². The first kappa shape index (κ1) is 19.4. The van der Waals surface area contributed by atoms with E-state index in [2.05, 4.69) is 10.2 Å². The van der Waals surface area contributed by atoms with Gasteiger partial charge in [-0.05, 0) is 52.7 Å². The summed E-state index contributed by atoms with van der Waals surface area (Å²) >= 11 is 0. The summed E-state index contributed by atoms with van der Waals surface area (Å²) in [4.78, 5) is 13.7. The maximum Gasteiger partial charge on any atom is 0.219 e. The van der Waals surface area contributed by atoms with E-state index in [1.165, 1.54) is 0 Å². The first-order valence-corrected chi connectivity index (χ1v) is 9.92. The third-order valence-corrected chi connectivity index (χ3v) is 5.83. The van der Waals surface area contributed by atoms with Crippen LogP contribution in [-0.2, 0) is 14.8 Å². The van der Waals surface area contributed by atoms with Crippen molar-refractivity contribution in [1.82, 2.24) is 14.5 Å². The molecule has 0 radical (unpaired) electrons. The Labute approximate surface area is 135 Å². The number of amides is 1. The van der Waals surface area contributed by atoms with Crippen LogP contribution in [0.3, 0.4) is 0 Å². The number of hydrogen-bond donors (Lipinski definition) is 1. The van der Waals surface area contributed by atoms with Crippen LogP contribution in [0.5, 0.6) is 0 Å². The van der Waals surface area contributed by atoms with Crippen molar-refractivity contribution in [3.8, 4) is 0 Å². The van der Waals surface area contributed by atoms with Crippen molar-refractivity contribution in [3.05, 3.63) is 0 Å². The number of unbranched alkanes of at least 4 members (excludes halogenated alkanes) is 1. The molecular weight excluding hydrogens is 302 g/mol. The lowest BCUT2D eigenvalue weighted by molar-refractivity contribution is -0.121. The van der Waals surface area contributed by atoms with Gasteiger partial charge in [0.05, 0.1) is 5.75 Å². The van der Waals surface area contributed by atoms with Crippen LogP contribution in [-0.4, -0.2) is 69.6 Å². The standard InChI is InChI=1S/C15H31N3O3S/c1-17(2)11-8-10-16-15(19)9-4-7-14-22(20,21)18-12-5-3-6-13-18/h3-14H2,1-2H3,(H,16,19). The molecule has 0 aromatic rings. The highest BCUT2D eigenvalue weighted by molar-refractivity contribution is 7.89. The van der Waals surface area contributed by atoms with Crippen molar-refractivity contribution in [2.75, 3.05) is 46.0 Å². The van der Waals surface area contributed by atoms with Crippen LogP contribution < -0.4 is 5.32 Å². The minimum Gasteiger partial charge on any atom is -0.356 e. The monoisotopic (exact) mass is 333 g/mol. The summed E-state index contributed by atoms with van der Waals surface area (Å²) in [7, 11) is 0.894. The van der Waals surface area contributed by atoms with Gasteiger partial charge in [0.2, 0.25) is 15.9 Å². The van der Waals surface area contributed by atoms with Crippen molar-refractivity contribution >= 4 is 15.9 Å². The average Bonchev–Trinajstić information content (AvgIpc) is 2.49. The van der Waals surface area contributed by atoms with Crippen LogP contribution in [0.25, 0.3) is 0 Å². The van der Waals surface area contributed by atoms with Gasteiger partial charge < -0.3 is 10.2 Å². The average molecular weight is 333 g/mol. The summed E-state index contributed by atoms with van der Waals surface area (Å²) in [6, 6.07) is 0. The molecule has 0 aromatic carbocycles. The number of rotatable bonds is 10. The molecule has 0 bridgehead atoms. The summed E-state index contributed by atoms with van der Waals surface area (Å²) in [6.45, 7) is 2.96. The molecule has 1 aliphatic heterocycles. The van der Waals surface area contributed by atoms with Crippen molar-refractivity contribution in [1.29, 1.82) is 0 Å². The second kappa shape index (κ2) is 10.2. The van der Waals surface area contributed by atoms with Crippen LogP contribution in [0, 0.1) is 0 Å². The lowest BCUT2D eigenvalue weighted by atomic mass is 10.2. The van der Waals surface area contributed by atoms with Crippen LogP contribution in [0.1, 0.15) is 44.9 Å². The first-order chi connectivity index (χ1) is 10.4. The molecule has 7 heteroatoms. The molecule has 0 saturated carbocycles. The summed E-state index contributed by atoms with van der Waals surface area (Å²) in [5.41, 5.74) is 0. The summed E-state index contributed by atoms with van der Waals surface area (Å²) in [5.74, 6) is 0.190. The first-order valence-electron chi connectivity index (χ1n) is 8.31. The molecule has 1 saturated heterocycles. The van der Waals surface area contributed by atoms with E-state index >= 15 is 0 Å². The molecule has 1 aliphatic rings. The van der Waals surface area contributed by atoms with Crippen molar-refractivity contribution in [2.24, 2.45) is 0 Å². The van der Waals surface area contributed by atoms with Crippen LogP contribution in [0.4, 0.5) is 0 Å². The van der Waals surface area contributed by atoms with Gasteiger partial charge in [0.25, 0.3) is 0 Å². The number of sulfonamides is 1. The van der Waals surface area contributed by atoms with Gasteiger partial charge in [-0.3, -0.25) is 4.79 Å². The van der Waals surface area contributed by atoms with Gasteiger partial charge in [-0.1, -0.05) is 6.42 Å². The molecular formula is C15H31N3O3S. The molecule has 1 rings (SSSR count). The fourth-order valence-corrected chi connectivity index (χ4v) is 4.20. The summed E-state index contributed by atoms with van der Waals surface area (Å²) in [5, 5.41) is 2.87. The largest absolute Gasteiger partial charge is 0.356 e. The zero-order chi connectivity index (χ0) is 16.4. The van der Waals surface area contributed by atoms with Gasteiger partial charge in [0.1, 0.15) is 0 Å². The topological polar surface area (TPSA) is 69.7 Å². The zero-order valence-corrected chi connectivity index (χ0v) is 14.8. The number of piperidine rings is 1. The highest BCUT2D eigenvalue weighted by Gasteiger charge is 2.23. The Hall–Kier alpha value is -0.660. The lowest BCUT2D eigenvalue weighted by Gasteiger charge is -2.25. The Balaban J connectivity index is 2.09. The Morgan fingerprint density at radius 3 is 2.41 bits per heavy atom. The molecule has 0 unspecified atom stereocenters. The second-order valence-corrected chi connectivity index (χ2v) is 8.33. The van der Waals surface area contributed by atoms with E-state index in [4.69, 9.17) is 0 Å². The Morgan fingerprint density at radius 1 is 1.09 bits per heavy atom. The van der Waals surface area contributed by atoms with E-state index in [1.54, 1.807) is 4.31 Å². The Bertz CT molecular complexity index is 418. The SMILES string of the molecule is CN(C)CCCNC(=O)CCCCS(=O)(=O)N1CCCCC1. The molecule has 1 heterocycles. The van der Waals surface area contributed by atoms with Crippen molar-refractivity contribution in [3.63, 3.8) is 0 Å². The van der Waals surface area contributed by atoms with E-state index < -0.39 is 10.0 Å². The minimum atomic E-state index is -3.12. The maximum atomic E-state index is 12.1. The van der Waals surface area contributed by atoms with E-state index in [-0.39, 0.29) is 11.7 Å². The van der Waals surface area contributed by atoms with Crippen molar-refractivity contribution in [2.45, 2.75) is 44.9 Å². The molecule has 0 aromatic heterocycles. The second-order valence-electron chi connectivity index (χ2n) is 6.24. The third kappa shape index (κ3) is 8.10. The number of nitrogens with one attached hydrogen (secondary N) is 1. The van der Waals surface area contributed by atoms with E-state index in [1.807, 2.05) is 14.1 Å².